The Kier molecular flexibility index (Phi) is 4.34. The van der Waals surface area contributed by atoms with Gasteiger partial charge in [0, 0.05) is 11.3 Å². The van der Waals surface area contributed by atoms with E-state index in [2.05, 4.69) is 5.32 Å². The molecule has 5 nitrogen and oxygen atoms in total. The van der Waals surface area contributed by atoms with E-state index < -0.39 is 5.91 Å². The number of carbonyl (C=O) groups excluding carboxylic acids is 2. The van der Waals surface area contributed by atoms with Crippen molar-refractivity contribution < 1.29 is 14.3 Å². The van der Waals surface area contributed by atoms with E-state index >= 15 is 0 Å². The number of nitrogens with two attached hydrogens (primary N) is 1. The second-order valence-corrected chi connectivity index (χ2v) is 4.10. The molecule has 2 amide bonds. The minimum absolute atomic E-state index is 0.185. The molecule has 0 unspecified atom stereocenters. The van der Waals surface area contributed by atoms with Crippen LogP contribution in [-0.2, 0) is 4.79 Å². The van der Waals surface area contributed by atoms with Crippen molar-refractivity contribution in [3.8, 4) is 5.75 Å². The van der Waals surface area contributed by atoms with E-state index in [4.69, 9.17) is 10.5 Å². The highest BCUT2D eigenvalue weighted by molar-refractivity contribution is 6.04. The largest absolute Gasteiger partial charge is 0.484 e. The fourth-order valence-electron chi connectivity index (χ4n) is 1.58. The summed E-state index contributed by atoms with van der Waals surface area (Å²) in [4.78, 5) is 22.5. The third-order valence-electron chi connectivity index (χ3n) is 2.53. The Morgan fingerprint density at radius 2 is 1.65 bits per heavy atom. The molecule has 0 fully saturated rings. The molecule has 20 heavy (non-hydrogen) atoms. The van der Waals surface area contributed by atoms with Crippen molar-refractivity contribution in [3.63, 3.8) is 0 Å². The Labute approximate surface area is 116 Å². The molecule has 0 aliphatic rings. The molecule has 0 heterocycles. The van der Waals surface area contributed by atoms with Crippen molar-refractivity contribution in [2.75, 3.05) is 11.9 Å². The number of para-hydroxylation sites is 1. The van der Waals surface area contributed by atoms with Gasteiger partial charge in [0.1, 0.15) is 5.75 Å². The van der Waals surface area contributed by atoms with Gasteiger partial charge in [-0.1, -0.05) is 18.2 Å². The van der Waals surface area contributed by atoms with Gasteiger partial charge in [-0.2, -0.15) is 0 Å². The molecule has 0 bridgehead atoms. The van der Waals surface area contributed by atoms with Gasteiger partial charge >= 0.3 is 0 Å². The van der Waals surface area contributed by atoms with Gasteiger partial charge in [0.05, 0.1) is 0 Å². The Morgan fingerprint density at radius 1 is 1.00 bits per heavy atom. The zero-order valence-corrected chi connectivity index (χ0v) is 10.7. The fourth-order valence-corrected chi connectivity index (χ4v) is 1.58. The summed E-state index contributed by atoms with van der Waals surface area (Å²) in [5.41, 5.74) is 6.20. The number of rotatable bonds is 5. The summed E-state index contributed by atoms with van der Waals surface area (Å²) in [5.74, 6) is -0.270. The van der Waals surface area contributed by atoms with Gasteiger partial charge in [0.15, 0.2) is 6.61 Å². The van der Waals surface area contributed by atoms with Crippen LogP contribution in [-0.4, -0.2) is 18.4 Å². The van der Waals surface area contributed by atoms with Crippen molar-refractivity contribution >= 4 is 17.5 Å². The predicted octanol–water partition coefficient (Wildman–Crippen LogP) is 1.80. The van der Waals surface area contributed by atoms with Crippen LogP contribution in [0.4, 0.5) is 5.69 Å². The predicted molar refractivity (Wildman–Crippen MR) is 75.5 cm³/mol. The summed E-state index contributed by atoms with van der Waals surface area (Å²) in [5, 5.41) is 2.77. The maximum atomic E-state index is 12.0. The lowest BCUT2D eigenvalue weighted by atomic mass is 10.2. The number of hydrogen-bond acceptors (Lipinski definition) is 3. The number of carbonyl (C=O) groups is 2. The van der Waals surface area contributed by atoms with E-state index in [1.165, 1.54) is 0 Å². The van der Waals surface area contributed by atoms with Crippen LogP contribution < -0.4 is 15.8 Å². The van der Waals surface area contributed by atoms with Crippen molar-refractivity contribution in [3.05, 3.63) is 60.2 Å². The van der Waals surface area contributed by atoms with E-state index in [1.807, 2.05) is 30.3 Å². The van der Waals surface area contributed by atoms with Crippen LogP contribution in [0.3, 0.4) is 0 Å². The highest BCUT2D eigenvalue weighted by Crippen LogP contribution is 2.14. The number of anilines is 1. The quantitative estimate of drug-likeness (QED) is 0.869. The topological polar surface area (TPSA) is 81.4 Å². The number of hydrogen-bond donors (Lipinski definition) is 2. The minimum Gasteiger partial charge on any atom is -0.484 e. The van der Waals surface area contributed by atoms with E-state index in [-0.39, 0.29) is 12.5 Å². The molecule has 2 aromatic carbocycles. The first-order valence-electron chi connectivity index (χ1n) is 6.03. The van der Waals surface area contributed by atoms with E-state index in [1.54, 1.807) is 24.3 Å². The Hall–Kier alpha value is -2.82. The molecule has 0 aromatic heterocycles. The first-order valence-corrected chi connectivity index (χ1v) is 6.03. The van der Waals surface area contributed by atoms with E-state index in [9.17, 15) is 9.59 Å². The Morgan fingerprint density at radius 3 is 2.25 bits per heavy atom. The standard InChI is InChI=1S/C15H14N2O3/c16-14(18)10-20-13-8-6-11(7-9-13)15(19)17-12-4-2-1-3-5-12/h1-9H,10H2,(H2,16,18)(H,17,19). The van der Waals surface area contributed by atoms with Crippen molar-refractivity contribution in [1.29, 1.82) is 0 Å². The molecule has 2 aromatic rings. The molecule has 5 heteroatoms. The normalized spacial score (nSPS) is 9.80. The summed E-state index contributed by atoms with van der Waals surface area (Å²) >= 11 is 0. The summed E-state index contributed by atoms with van der Waals surface area (Å²) < 4.78 is 5.11. The average molecular weight is 270 g/mol. The molecule has 0 atom stereocenters. The third-order valence-corrected chi connectivity index (χ3v) is 2.53. The Bertz CT molecular complexity index is 594. The van der Waals surface area contributed by atoms with Crippen molar-refractivity contribution in [2.24, 2.45) is 5.73 Å². The van der Waals surface area contributed by atoms with E-state index in [0.29, 0.717) is 11.3 Å². The summed E-state index contributed by atoms with van der Waals surface area (Å²) in [6.45, 7) is -0.185. The van der Waals surface area contributed by atoms with Crippen LogP contribution >= 0.6 is 0 Å². The van der Waals surface area contributed by atoms with Crippen LogP contribution in [0.5, 0.6) is 5.75 Å². The summed E-state index contributed by atoms with van der Waals surface area (Å²) in [6.07, 6.45) is 0. The molecule has 3 N–H and O–H groups in total. The lowest BCUT2D eigenvalue weighted by Crippen LogP contribution is -2.20. The highest BCUT2D eigenvalue weighted by atomic mass is 16.5. The van der Waals surface area contributed by atoms with Crippen molar-refractivity contribution in [2.45, 2.75) is 0 Å². The third kappa shape index (κ3) is 3.84. The van der Waals surface area contributed by atoms with Gasteiger partial charge < -0.3 is 15.8 Å². The Balaban J connectivity index is 1.99. The second-order valence-electron chi connectivity index (χ2n) is 4.10. The molecule has 0 saturated carbocycles. The number of benzene rings is 2. The van der Waals surface area contributed by atoms with Gasteiger partial charge in [0.2, 0.25) is 0 Å². The zero-order valence-electron chi connectivity index (χ0n) is 10.7. The summed E-state index contributed by atoms with van der Waals surface area (Å²) in [6, 6.07) is 15.6. The number of nitrogens with one attached hydrogen (secondary N) is 1. The minimum atomic E-state index is -0.545. The molecule has 0 aliphatic heterocycles. The molecular weight excluding hydrogens is 256 g/mol. The lowest BCUT2D eigenvalue weighted by Gasteiger charge is -2.06. The smallest absolute Gasteiger partial charge is 0.255 e. The van der Waals surface area contributed by atoms with Crippen LogP contribution in [0.15, 0.2) is 54.6 Å². The number of primary amides is 1. The average Bonchev–Trinajstić information content (AvgIpc) is 2.46. The first-order chi connectivity index (χ1) is 9.65. The van der Waals surface area contributed by atoms with Gasteiger partial charge in [0.25, 0.3) is 11.8 Å². The maximum absolute atomic E-state index is 12.0. The van der Waals surface area contributed by atoms with Crippen molar-refractivity contribution in [1.82, 2.24) is 0 Å². The highest BCUT2D eigenvalue weighted by Gasteiger charge is 2.06. The number of ether oxygens (including phenoxy) is 1. The van der Waals surface area contributed by atoms with Crippen LogP contribution in [0.2, 0.25) is 0 Å². The SMILES string of the molecule is NC(=O)COc1ccc(C(=O)Nc2ccccc2)cc1. The second kappa shape index (κ2) is 6.38. The molecule has 0 spiro atoms. The molecule has 0 aliphatic carbocycles. The van der Waals surface area contributed by atoms with Crippen LogP contribution in [0.1, 0.15) is 10.4 Å². The number of amides is 2. The van der Waals surface area contributed by atoms with Gasteiger partial charge in [-0.25, -0.2) is 0 Å². The fraction of sp³-hybridized carbons (Fsp3) is 0.0667. The molecule has 0 saturated heterocycles. The molecule has 0 radical (unpaired) electrons. The maximum Gasteiger partial charge on any atom is 0.255 e. The monoisotopic (exact) mass is 270 g/mol. The van der Waals surface area contributed by atoms with Gasteiger partial charge in [-0.05, 0) is 36.4 Å². The van der Waals surface area contributed by atoms with Crippen LogP contribution in [0, 0.1) is 0 Å². The molecule has 102 valence electrons. The molecular formula is C15H14N2O3. The summed E-state index contributed by atoms with van der Waals surface area (Å²) in [7, 11) is 0. The zero-order chi connectivity index (χ0) is 14.4. The van der Waals surface area contributed by atoms with Gasteiger partial charge in [-0.15, -0.1) is 0 Å². The first kappa shape index (κ1) is 13.6. The van der Waals surface area contributed by atoms with Crippen LogP contribution in [0.25, 0.3) is 0 Å². The lowest BCUT2D eigenvalue weighted by molar-refractivity contribution is -0.119. The van der Waals surface area contributed by atoms with E-state index in [0.717, 1.165) is 5.69 Å². The molecule has 2 rings (SSSR count). The van der Waals surface area contributed by atoms with Gasteiger partial charge in [-0.3, -0.25) is 9.59 Å².